The number of ketones is 1. The summed E-state index contributed by atoms with van der Waals surface area (Å²) in [6.45, 7) is 3.57. The van der Waals surface area contributed by atoms with Crippen LogP contribution in [0, 0.1) is 0 Å². The monoisotopic (exact) mass is 221 g/mol. The third-order valence-corrected chi connectivity index (χ3v) is 2.69. The molecule has 0 atom stereocenters. The van der Waals surface area contributed by atoms with E-state index < -0.39 is 0 Å². The minimum absolute atomic E-state index is 0.0392. The SMILES string of the molecule is CC(=O)c1ccc2c(c1)N(CCO)CCO2. The smallest absolute Gasteiger partial charge is 0.159 e. The molecule has 4 nitrogen and oxygen atoms in total. The Kier molecular flexibility index (Phi) is 3.10. The van der Waals surface area contributed by atoms with E-state index in [0.29, 0.717) is 18.7 Å². The second kappa shape index (κ2) is 4.53. The van der Waals surface area contributed by atoms with Gasteiger partial charge in [0.15, 0.2) is 5.78 Å². The van der Waals surface area contributed by atoms with Gasteiger partial charge in [-0.3, -0.25) is 4.79 Å². The Morgan fingerprint density at radius 2 is 2.38 bits per heavy atom. The van der Waals surface area contributed by atoms with Gasteiger partial charge in [-0.15, -0.1) is 0 Å². The summed E-state index contributed by atoms with van der Waals surface area (Å²) in [6, 6.07) is 5.41. The van der Waals surface area contributed by atoms with Crippen molar-refractivity contribution in [2.45, 2.75) is 6.92 Å². The summed E-state index contributed by atoms with van der Waals surface area (Å²) in [5.74, 6) is 0.821. The summed E-state index contributed by atoms with van der Waals surface area (Å²) < 4.78 is 5.50. The number of Topliss-reactive ketones (excluding diaryl/α,β-unsaturated/α-hetero) is 1. The van der Waals surface area contributed by atoms with Gasteiger partial charge in [0.2, 0.25) is 0 Å². The van der Waals surface area contributed by atoms with Crippen LogP contribution < -0.4 is 9.64 Å². The van der Waals surface area contributed by atoms with E-state index in [0.717, 1.165) is 18.0 Å². The molecule has 0 saturated heterocycles. The van der Waals surface area contributed by atoms with Gasteiger partial charge < -0.3 is 14.7 Å². The van der Waals surface area contributed by atoms with Crippen LogP contribution in [0.4, 0.5) is 5.69 Å². The highest BCUT2D eigenvalue weighted by Gasteiger charge is 2.18. The maximum atomic E-state index is 11.3. The Balaban J connectivity index is 2.36. The molecular formula is C12H15NO3. The number of ether oxygens (including phenoxy) is 1. The molecule has 0 aromatic heterocycles. The molecular weight excluding hydrogens is 206 g/mol. The van der Waals surface area contributed by atoms with Crippen LogP contribution in [0.5, 0.6) is 5.75 Å². The zero-order chi connectivity index (χ0) is 11.5. The molecule has 0 fully saturated rings. The van der Waals surface area contributed by atoms with Gasteiger partial charge in [-0.25, -0.2) is 0 Å². The molecule has 0 radical (unpaired) electrons. The fourth-order valence-corrected chi connectivity index (χ4v) is 1.84. The highest BCUT2D eigenvalue weighted by Crippen LogP contribution is 2.32. The molecule has 4 heteroatoms. The number of aliphatic hydroxyl groups excluding tert-OH is 1. The van der Waals surface area contributed by atoms with E-state index in [1.54, 1.807) is 13.0 Å². The molecule has 0 saturated carbocycles. The highest BCUT2D eigenvalue weighted by molar-refractivity contribution is 5.95. The summed E-state index contributed by atoms with van der Waals surface area (Å²) >= 11 is 0. The topological polar surface area (TPSA) is 49.8 Å². The van der Waals surface area contributed by atoms with Crippen molar-refractivity contribution in [3.63, 3.8) is 0 Å². The number of anilines is 1. The number of benzene rings is 1. The lowest BCUT2D eigenvalue weighted by molar-refractivity contribution is 0.101. The number of fused-ring (bicyclic) bond motifs is 1. The molecule has 1 aliphatic rings. The summed E-state index contributed by atoms with van der Waals surface area (Å²) in [5, 5.41) is 8.97. The molecule has 1 heterocycles. The first-order valence-corrected chi connectivity index (χ1v) is 5.36. The van der Waals surface area contributed by atoms with E-state index in [2.05, 4.69) is 0 Å². The molecule has 16 heavy (non-hydrogen) atoms. The largest absolute Gasteiger partial charge is 0.490 e. The van der Waals surface area contributed by atoms with Crippen LogP contribution in [-0.4, -0.2) is 37.2 Å². The van der Waals surface area contributed by atoms with Crippen LogP contribution in [0.15, 0.2) is 18.2 Å². The molecule has 0 spiro atoms. The first-order chi connectivity index (χ1) is 7.72. The predicted molar refractivity (Wildman–Crippen MR) is 61.2 cm³/mol. The minimum atomic E-state index is 0.0392. The molecule has 1 aliphatic heterocycles. The summed E-state index contributed by atoms with van der Waals surface area (Å²) in [7, 11) is 0. The van der Waals surface area contributed by atoms with E-state index in [4.69, 9.17) is 9.84 Å². The molecule has 2 rings (SSSR count). The van der Waals surface area contributed by atoms with E-state index >= 15 is 0 Å². The minimum Gasteiger partial charge on any atom is -0.490 e. The van der Waals surface area contributed by atoms with Crippen molar-refractivity contribution in [3.05, 3.63) is 23.8 Å². The molecule has 0 aliphatic carbocycles. The normalized spacial score (nSPS) is 14.2. The van der Waals surface area contributed by atoms with Crippen molar-refractivity contribution < 1.29 is 14.6 Å². The number of aliphatic hydroxyl groups is 1. The average Bonchev–Trinajstić information content (AvgIpc) is 2.29. The van der Waals surface area contributed by atoms with Crippen molar-refractivity contribution in [2.24, 2.45) is 0 Å². The standard InChI is InChI=1S/C12H15NO3/c1-9(15)10-2-3-12-11(8-10)13(4-6-14)5-7-16-12/h2-3,8,14H,4-7H2,1H3. The van der Waals surface area contributed by atoms with Crippen LogP contribution in [-0.2, 0) is 0 Å². The number of nitrogens with zero attached hydrogens (tertiary/aromatic N) is 1. The summed E-state index contributed by atoms with van der Waals surface area (Å²) in [4.78, 5) is 13.3. The second-order valence-corrected chi connectivity index (χ2v) is 3.80. The molecule has 1 aromatic carbocycles. The van der Waals surface area contributed by atoms with Crippen LogP contribution in [0.3, 0.4) is 0 Å². The Hall–Kier alpha value is -1.55. The van der Waals surface area contributed by atoms with Crippen LogP contribution in [0.25, 0.3) is 0 Å². The molecule has 1 aromatic rings. The van der Waals surface area contributed by atoms with Crippen molar-refractivity contribution in [2.75, 3.05) is 31.2 Å². The Morgan fingerprint density at radius 1 is 1.56 bits per heavy atom. The Bertz CT molecular complexity index is 403. The van der Waals surface area contributed by atoms with Crippen molar-refractivity contribution in [1.82, 2.24) is 0 Å². The first kappa shape index (κ1) is 11.0. The van der Waals surface area contributed by atoms with Gasteiger partial charge in [-0.2, -0.15) is 0 Å². The number of hydrogen-bond acceptors (Lipinski definition) is 4. The number of rotatable bonds is 3. The van der Waals surface area contributed by atoms with Gasteiger partial charge in [0.25, 0.3) is 0 Å². The second-order valence-electron chi connectivity index (χ2n) is 3.80. The fourth-order valence-electron chi connectivity index (χ4n) is 1.84. The lowest BCUT2D eigenvalue weighted by Gasteiger charge is -2.30. The van der Waals surface area contributed by atoms with Crippen molar-refractivity contribution in [3.8, 4) is 5.75 Å². The molecule has 0 amide bonds. The maximum absolute atomic E-state index is 11.3. The van der Waals surface area contributed by atoms with Gasteiger partial charge >= 0.3 is 0 Å². The maximum Gasteiger partial charge on any atom is 0.159 e. The number of hydrogen-bond donors (Lipinski definition) is 1. The lowest BCUT2D eigenvalue weighted by atomic mass is 10.1. The first-order valence-electron chi connectivity index (χ1n) is 5.36. The third kappa shape index (κ3) is 2.02. The molecule has 1 N–H and O–H groups in total. The number of β-amino-alcohol motifs (C(OH)–C–C–N with tert-alkyl or cyclic N) is 1. The van der Waals surface area contributed by atoms with E-state index in [-0.39, 0.29) is 12.4 Å². The molecule has 86 valence electrons. The van der Waals surface area contributed by atoms with Crippen molar-refractivity contribution >= 4 is 11.5 Å². The van der Waals surface area contributed by atoms with Gasteiger partial charge in [0.1, 0.15) is 12.4 Å². The van der Waals surface area contributed by atoms with Crippen molar-refractivity contribution in [1.29, 1.82) is 0 Å². The highest BCUT2D eigenvalue weighted by atomic mass is 16.5. The van der Waals surface area contributed by atoms with Gasteiger partial charge in [0.05, 0.1) is 18.8 Å². The summed E-state index contributed by atoms with van der Waals surface area (Å²) in [6.07, 6.45) is 0. The van der Waals surface area contributed by atoms with Crippen LogP contribution in [0.2, 0.25) is 0 Å². The third-order valence-electron chi connectivity index (χ3n) is 2.69. The summed E-state index contributed by atoms with van der Waals surface area (Å²) in [5.41, 5.74) is 1.57. The van der Waals surface area contributed by atoms with E-state index in [1.807, 2.05) is 17.0 Å². The van der Waals surface area contributed by atoms with Gasteiger partial charge in [-0.05, 0) is 25.1 Å². The van der Waals surface area contributed by atoms with E-state index in [9.17, 15) is 4.79 Å². The number of carbonyl (C=O) groups excluding carboxylic acids is 1. The molecule has 0 bridgehead atoms. The average molecular weight is 221 g/mol. The van der Waals surface area contributed by atoms with Crippen LogP contribution >= 0.6 is 0 Å². The predicted octanol–water partition coefficient (Wildman–Crippen LogP) is 1.08. The quantitative estimate of drug-likeness (QED) is 0.776. The van der Waals surface area contributed by atoms with Gasteiger partial charge in [0, 0.05) is 12.1 Å². The Labute approximate surface area is 94.4 Å². The van der Waals surface area contributed by atoms with Crippen LogP contribution in [0.1, 0.15) is 17.3 Å². The molecule has 0 unspecified atom stereocenters. The van der Waals surface area contributed by atoms with E-state index in [1.165, 1.54) is 0 Å². The van der Waals surface area contributed by atoms with Gasteiger partial charge in [-0.1, -0.05) is 0 Å². The fraction of sp³-hybridized carbons (Fsp3) is 0.417. The zero-order valence-corrected chi connectivity index (χ0v) is 9.27. The lowest BCUT2D eigenvalue weighted by Crippen LogP contribution is -2.34. The Morgan fingerprint density at radius 3 is 3.06 bits per heavy atom. The zero-order valence-electron chi connectivity index (χ0n) is 9.27. The number of carbonyl (C=O) groups is 1.